The van der Waals surface area contributed by atoms with E-state index in [1.807, 2.05) is 6.07 Å². The molecule has 0 aromatic heterocycles. The van der Waals surface area contributed by atoms with Gasteiger partial charge in [-0.2, -0.15) is 5.26 Å². The molecule has 0 spiro atoms. The summed E-state index contributed by atoms with van der Waals surface area (Å²) >= 11 is 0. The van der Waals surface area contributed by atoms with E-state index in [0.717, 1.165) is 12.8 Å². The molecule has 2 unspecified atom stereocenters. The fourth-order valence-corrected chi connectivity index (χ4v) is 1.32. The first-order valence-corrected chi connectivity index (χ1v) is 5.47. The Morgan fingerprint density at radius 2 is 2.13 bits per heavy atom. The number of carbonyl (C=O) groups is 1. The zero-order valence-electron chi connectivity index (χ0n) is 9.84. The van der Waals surface area contributed by atoms with Crippen molar-refractivity contribution in [3.8, 4) is 6.07 Å². The lowest BCUT2D eigenvalue weighted by Crippen LogP contribution is -2.38. The third kappa shape index (κ3) is 7.95. The zero-order valence-corrected chi connectivity index (χ0v) is 9.84. The van der Waals surface area contributed by atoms with Gasteiger partial charge in [-0.05, 0) is 19.3 Å². The maximum absolute atomic E-state index is 11.1. The van der Waals surface area contributed by atoms with Crippen molar-refractivity contribution in [3.05, 3.63) is 0 Å². The van der Waals surface area contributed by atoms with E-state index in [9.17, 15) is 4.79 Å². The Hall–Kier alpha value is -1.08. The highest BCUT2D eigenvalue weighted by Crippen LogP contribution is 2.08. The Balaban J connectivity index is 3.57. The molecule has 0 bridgehead atoms. The molecule has 0 aliphatic heterocycles. The third-order valence-electron chi connectivity index (χ3n) is 2.43. The topological polar surface area (TPSA) is 64.9 Å². The molecule has 0 radical (unpaired) electrons. The van der Waals surface area contributed by atoms with Gasteiger partial charge in [0.05, 0.1) is 12.6 Å². The second-order valence-electron chi connectivity index (χ2n) is 3.97. The van der Waals surface area contributed by atoms with E-state index in [0.29, 0.717) is 18.5 Å². The average Bonchev–Trinajstić information content (AvgIpc) is 2.23. The minimum atomic E-state index is -0.118. The number of nitrogens with one attached hydrogen (secondary N) is 2. The van der Waals surface area contributed by atoms with Crippen molar-refractivity contribution in [2.75, 3.05) is 13.1 Å². The van der Waals surface area contributed by atoms with E-state index in [2.05, 4.69) is 31.4 Å². The predicted octanol–water partition coefficient (Wildman–Crippen LogP) is 1.04. The van der Waals surface area contributed by atoms with Gasteiger partial charge in [0, 0.05) is 6.04 Å². The molecule has 0 aromatic rings. The van der Waals surface area contributed by atoms with Crippen molar-refractivity contribution < 1.29 is 4.79 Å². The summed E-state index contributed by atoms with van der Waals surface area (Å²) in [6.45, 7) is 6.81. The van der Waals surface area contributed by atoms with Crippen LogP contribution in [0, 0.1) is 17.2 Å². The van der Waals surface area contributed by atoms with Crippen LogP contribution in [0.1, 0.15) is 33.6 Å². The van der Waals surface area contributed by atoms with Gasteiger partial charge in [0.15, 0.2) is 0 Å². The van der Waals surface area contributed by atoms with Crippen LogP contribution in [0.25, 0.3) is 0 Å². The molecule has 0 heterocycles. The summed E-state index contributed by atoms with van der Waals surface area (Å²) in [7, 11) is 0. The van der Waals surface area contributed by atoms with Crippen LogP contribution in [0.4, 0.5) is 0 Å². The van der Waals surface area contributed by atoms with Crippen LogP contribution in [0.3, 0.4) is 0 Å². The van der Waals surface area contributed by atoms with Gasteiger partial charge in [0.2, 0.25) is 5.91 Å². The largest absolute Gasteiger partial charge is 0.342 e. The van der Waals surface area contributed by atoms with E-state index in [4.69, 9.17) is 5.26 Å². The molecule has 2 atom stereocenters. The van der Waals surface area contributed by atoms with Gasteiger partial charge in [0.1, 0.15) is 6.54 Å². The molecule has 0 aliphatic carbocycles. The molecule has 0 saturated carbocycles. The number of carbonyl (C=O) groups excluding carboxylic acids is 1. The number of amides is 1. The smallest absolute Gasteiger partial charge is 0.234 e. The molecule has 0 saturated heterocycles. The molecule has 4 nitrogen and oxygen atoms in total. The second kappa shape index (κ2) is 8.25. The van der Waals surface area contributed by atoms with Gasteiger partial charge in [-0.15, -0.1) is 0 Å². The molecule has 0 aromatic carbocycles. The Morgan fingerprint density at radius 1 is 1.47 bits per heavy atom. The predicted molar refractivity (Wildman–Crippen MR) is 60.2 cm³/mol. The van der Waals surface area contributed by atoms with Crippen molar-refractivity contribution in [1.82, 2.24) is 10.6 Å². The zero-order chi connectivity index (χ0) is 11.7. The molecule has 0 fully saturated rings. The lowest BCUT2D eigenvalue weighted by molar-refractivity contribution is -0.120. The highest BCUT2D eigenvalue weighted by atomic mass is 16.1. The van der Waals surface area contributed by atoms with Gasteiger partial charge in [-0.1, -0.05) is 20.3 Å². The van der Waals surface area contributed by atoms with E-state index in [1.165, 1.54) is 0 Å². The molecular weight excluding hydrogens is 190 g/mol. The van der Waals surface area contributed by atoms with E-state index in [1.54, 1.807) is 0 Å². The van der Waals surface area contributed by atoms with Gasteiger partial charge >= 0.3 is 0 Å². The van der Waals surface area contributed by atoms with Gasteiger partial charge < -0.3 is 10.6 Å². The number of hydrogen-bond acceptors (Lipinski definition) is 3. The molecule has 15 heavy (non-hydrogen) atoms. The third-order valence-corrected chi connectivity index (χ3v) is 2.43. The quantitative estimate of drug-likeness (QED) is 0.618. The molecule has 2 N–H and O–H groups in total. The number of hydrogen-bond donors (Lipinski definition) is 2. The standard InChI is InChI=1S/C11H21N3O/c1-4-9(2)7-10(3)14-8-11(15)13-6-5-12/h9-10,14H,4,6-8H2,1-3H3,(H,13,15). The first-order chi connectivity index (χ1) is 7.10. The van der Waals surface area contributed by atoms with Crippen LogP contribution >= 0.6 is 0 Å². The minimum absolute atomic E-state index is 0.0836. The molecule has 1 amide bonds. The van der Waals surface area contributed by atoms with E-state index >= 15 is 0 Å². The average molecular weight is 211 g/mol. The van der Waals surface area contributed by atoms with Crippen LogP contribution in [0.15, 0.2) is 0 Å². The number of rotatable bonds is 7. The van der Waals surface area contributed by atoms with Gasteiger partial charge in [0.25, 0.3) is 0 Å². The van der Waals surface area contributed by atoms with Crippen LogP contribution in [0.2, 0.25) is 0 Å². The minimum Gasteiger partial charge on any atom is -0.342 e. The molecule has 0 rings (SSSR count). The molecule has 86 valence electrons. The first-order valence-electron chi connectivity index (χ1n) is 5.47. The Bertz CT molecular complexity index is 222. The Kier molecular flexibility index (Phi) is 7.65. The lowest BCUT2D eigenvalue weighted by atomic mass is 10.0. The van der Waals surface area contributed by atoms with Crippen LogP contribution < -0.4 is 10.6 Å². The highest BCUT2D eigenvalue weighted by Gasteiger charge is 2.08. The monoisotopic (exact) mass is 211 g/mol. The molecular formula is C11H21N3O. The molecule has 4 heteroatoms. The van der Waals surface area contributed by atoms with Crippen molar-refractivity contribution in [2.45, 2.75) is 39.7 Å². The normalized spacial score (nSPS) is 14.0. The summed E-state index contributed by atoms with van der Waals surface area (Å²) in [6, 6.07) is 2.21. The van der Waals surface area contributed by atoms with E-state index in [-0.39, 0.29) is 12.5 Å². The summed E-state index contributed by atoms with van der Waals surface area (Å²) in [4.78, 5) is 11.1. The lowest BCUT2D eigenvalue weighted by Gasteiger charge is -2.16. The van der Waals surface area contributed by atoms with Crippen LogP contribution in [-0.4, -0.2) is 25.0 Å². The first kappa shape index (κ1) is 13.9. The van der Waals surface area contributed by atoms with Crippen LogP contribution in [0.5, 0.6) is 0 Å². The van der Waals surface area contributed by atoms with Crippen LogP contribution in [-0.2, 0) is 4.79 Å². The fourth-order valence-electron chi connectivity index (χ4n) is 1.32. The molecule has 0 aliphatic rings. The van der Waals surface area contributed by atoms with Crippen molar-refractivity contribution >= 4 is 5.91 Å². The summed E-state index contributed by atoms with van der Waals surface area (Å²) in [5.74, 6) is 0.558. The van der Waals surface area contributed by atoms with Gasteiger partial charge in [-0.25, -0.2) is 0 Å². The van der Waals surface area contributed by atoms with Crippen molar-refractivity contribution in [3.63, 3.8) is 0 Å². The SMILES string of the molecule is CCC(C)CC(C)NCC(=O)NCC#N. The summed E-state index contributed by atoms with van der Waals surface area (Å²) in [5, 5.41) is 13.9. The maximum Gasteiger partial charge on any atom is 0.234 e. The van der Waals surface area contributed by atoms with Crippen molar-refractivity contribution in [2.24, 2.45) is 5.92 Å². The Labute approximate surface area is 92.0 Å². The second-order valence-corrected chi connectivity index (χ2v) is 3.97. The number of nitrogens with zero attached hydrogens (tertiary/aromatic N) is 1. The summed E-state index contributed by atoms with van der Waals surface area (Å²) in [5.41, 5.74) is 0. The fraction of sp³-hybridized carbons (Fsp3) is 0.818. The summed E-state index contributed by atoms with van der Waals surface area (Å²) in [6.07, 6.45) is 2.23. The van der Waals surface area contributed by atoms with E-state index < -0.39 is 0 Å². The van der Waals surface area contributed by atoms with Gasteiger partial charge in [-0.3, -0.25) is 4.79 Å². The summed E-state index contributed by atoms with van der Waals surface area (Å²) < 4.78 is 0. The number of nitriles is 1. The Morgan fingerprint density at radius 3 is 2.67 bits per heavy atom. The van der Waals surface area contributed by atoms with Crippen molar-refractivity contribution in [1.29, 1.82) is 5.26 Å². The highest BCUT2D eigenvalue weighted by molar-refractivity contribution is 5.78. The maximum atomic E-state index is 11.1.